The van der Waals surface area contributed by atoms with Crippen LogP contribution in [0, 0.1) is 0 Å². The van der Waals surface area contributed by atoms with Gasteiger partial charge in [0.15, 0.2) is 23.0 Å². The first kappa shape index (κ1) is 18.9. The summed E-state index contributed by atoms with van der Waals surface area (Å²) in [6.07, 6.45) is 2.44. The monoisotopic (exact) mass is 372 g/mol. The van der Waals surface area contributed by atoms with E-state index in [1.165, 1.54) is 7.11 Å². The largest absolute Gasteiger partial charge is 0.504 e. The number of aromatic hydroxyl groups is 1. The van der Waals surface area contributed by atoms with Crippen molar-refractivity contribution < 1.29 is 29.2 Å². The van der Waals surface area contributed by atoms with Gasteiger partial charge < -0.3 is 29.2 Å². The van der Waals surface area contributed by atoms with Crippen LogP contribution in [0.15, 0.2) is 24.3 Å². The molecule has 0 heterocycles. The third kappa shape index (κ3) is 3.40. The van der Waals surface area contributed by atoms with E-state index < -0.39 is 6.10 Å². The highest BCUT2D eigenvalue weighted by molar-refractivity contribution is 5.88. The van der Waals surface area contributed by atoms with Crippen LogP contribution in [0.1, 0.15) is 23.1 Å². The van der Waals surface area contributed by atoms with Gasteiger partial charge in [0.05, 0.1) is 34.5 Å². The minimum Gasteiger partial charge on any atom is -0.504 e. The lowest BCUT2D eigenvalue weighted by Crippen LogP contribution is -2.19. The van der Waals surface area contributed by atoms with E-state index in [0.29, 0.717) is 35.8 Å². The van der Waals surface area contributed by atoms with Crippen molar-refractivity contribution in [3.8, 4) is 28.7 Å². The summed E-state index contributed by atoms with van der Waals surface area (Å²) >= 11 is 0. The van der Waals surface area contributed by atoms with Gasteiger partial charge in [-0.2, -0.15) is 0 Å². The maximum absolute atomic E-state index is 10.6. The van der Waals surface area contributed by atoms with Crippen LogP contribution in [0.3, 0.4) is 0 Å². The van der Waals surface area contributed by atoms with Gasteiger partial charge in [0.25, 0.3) is 0 Å². The second-order valence-corrected chi connectivity index (χ2v) is 6.26. The summed E-state index contributed by atoms with van der Waals surface area (Å²) < 4.78 is 21.6. The number of hydrogen-bond acceptors (Lipinski definition) is 6. The first-order chi connectivity index (χ1) is 13.0. The molecule has 3 rings (SSSR count). The Labute approximate surface area is 158 Å². The smallest absolute Gasteiger partial charge is 0.203 e. The molecule has 0 amide bonds. The predicted octanol–water partition coefficient (Wildman–Crippen LogP) is 3.27. The molecule has 0 aliphatic heterocycles. The fourth-order valence-electron chi connectivity index (χ4n) is 3.49. The van der Waals surface area contributed by atoms with Gasteiger partial charge in [-0.05, 0) is 53.8 Å². The molecule has 6 heteroatoms. The van der Waals surface area contributed by atoms with E-state index in [2.05, 4.69) is 0 Å². The number of phenols is 1. The molecule has 2 N–H and O–H groups in total. The molecule has 0 radical (unpaired) electrons. The van der Waals surface area contributed by atoms with Gasteiger partial charge in [-0.25, -0.2) is 0 Å². The van der Waals surface area contributed by atoms with E-state index in [4.69, 9.17) is 18.9 Å². The molecule has 6 nitrogen and oxygen atoms in total. The van der Waals surface area contributed by atoms with Crippen LogP contribution < -0.4 is 18.9 Å². The standard InChI is InChI=1S/C21H24O6/c1-24-18-8-5-12(10-17(18)23)9-15-14-11-19(25-2)21(27-4)20(26-3)13(14)6-7-16(15)22/h5,8-11,16,22-23H,6-7H2,1-4H3/b15-9+/t16-/m1/s1. The zero-order chi connectivity index (χ0) is 19.6. The zero-order valence-electron chi connectivity index (χ0n) is 15.9. The molecule has 0 saturated carbocycles. The number of rotatable bonds is 5. The summed E-state index contributed by atoms with van der Waals surface area (Å²) in [5.41, 5.74) is 3.30. The first-order valence-corrected chi connectivity index (χ1v) is 8.62. The third-order valence-corrected chi connectivity index (χ3v) is 4.80. The minimum atomic E-state index is -0.635. The average Bonchev–Trinajstić information content (AvgIpc) is 2.68. The molecular weight excluding hydrogens is 348 g/mol. The Morgan fingerprint density at radius 2 is 1.63 bits per heavy atom. The summed E-state index contributed by atoms with van der Waals surface area (Å²) in [4.78, 5) is 0. The SMILES string of the molecule is COc1ccc(/C=C2\c3cc(OC)c(OC)c(OC)c3CC[C@H]2O)cc1O. The molecule has 2 aromatic carbocycles. The number of hydrogen-bond donors (Lipinski definition) is 2. The van der Waals surface area contributed by atoms with Gasteiger partial charge in [0.1, 0.15) is 0 Å². The number of fused-ring (bicyclic) bond motifs is 1. The van der Waals surface area contributed by atoms with Gasteiger partial charge in [0.2, 0.25) is 5.75 Å². The quantitative estimate of drug-likeness (QED) is 0.839. The van der Waals surface area contributed by atoms with Crippen molar-refractivity contribution in [3.63, 3.8) is 0 Å². The number of aliphatic hydroxyl groups is 1. The fraction of sp³-hybridized carbons (Fsp3) is 0.333. The number of ether oxygens (including phenoxy) is 4. The molecule has 0 saturated heterocycles. The lowest BCUT2D eigenvalue weighted by Gasteiger charge is -2.28. The van der Waals surface area contributed by atoms with Gasteiger partial charge in [-0.3, -0.25) is 0 Å². The Bertz CT molecular complexity index is 871. The summed E-state index contributed by atoms with van der Waals surface area (Å²) in [5, 5.41) is 20.7. The van der Waals surface area contributed by atoms with E-state index in [9.17, 15) is 10.2 Å². The van der Waals surface area contributed by atoms with E-state index in [1.54, 1.807) is 33.5 Å². The van der Waals surface area contributed by atoms with Crippen molar-refractivity contribution in [3.05, 3.63) is 41.0 Å². The van der Waals surface area contributed by atoms with Crippen LogP contribution in [-0.2, 0) is 6.42 Å². The molecule has 0 fully saturated rings. The van der Waals surface area contributed by atoms with Crippen molar-refractivity contribution >= 4 is 11.6 Å². The summed E-state index contributed by atoms with van der Waals surface area (Å²) in [6, 6.07) is 6.97. The van der Waals surface area contributed by atoms with E-state index in [1.807, 2.05) is 18.2 Å². The maximum Gasteiger partial charge on any atom is 0.203 e. The molecule has 2 aromatic rings. The highest BCUT2D eigenvalue weighted by atomic mass is 16.5. The normalized spacial score (nSPS) is 17.4. The Morgan fingerprint density at radius 1 is 0.926 bits per heavy atom. The Balaban J connectivity index is 2.18. The number of benzene rings is 2. The van der Waals surface area contributed by atoms with Crippen LogP contribution >= 0.6 is 0 Å². The molecule has 0 aromatic heterocycles. The number of phenolic OH excluding ortho intramolecular Hbond substituents is 1. The van der Waals surface area contributed by atoms with Gasteiger partial charge in [0, 0.05) is 5.56 Å². The first-order valence-electron chi connectivity index (χ1n) is 8.62. The third-order valence-electron chi connectivity index (χ3n) is 4.80. The summed E-state index contributed by atoms with van der Waals surface area (Å²) in [5.74, 6) is 2.13. The molecule has 27 heavy (non-hydrogen) atoms. The summed E-state index contributed by atoms with van der Waals surface area (Å²) in [7, 11) is 6.23. The fourth-order valence-corrected chi connectivity index (χ4v) is 3.49. The van der Waals surface area contributed by atoms with E-state index >= 15 is 0 Å². The van der Waals surface area contributed by atoms with Crippen LogP contribution in [0.2, 0.25) is 0 Å². The highest BCUT2D eigenvalue weighted by Gasteiger charge is 2.29. The second-order valence-electron chi connectivity index (χ2n) is 6.26. The highest BCUT2D eigenvalue weighted by Crippen LogP contribution is 2.47. The van der Waals surface area contributed by atoms with Gasteiger partial charge in [-0.1, -0.05) is 6.07 Å². The summed E-state index contributed by atoms with van der Waals surface area (Å²) in [6.45, 7) is 0. The van der Waals surface area contributed by atoms with E-state index in [0.717, 1.165) is 22.3 Å². The molecule has 0 unspecified atom stereocenters. The molecule has 1 aliphatic rings. The molecule has 0 bridgehead atoms. The van der Waals surface area contributed by atoms with Crippen molar-refractivity contribution in [2.45, 2.75) is 18.9 Å². The van der Waals surface area contributed by atoms with Crippen LogP contribution in [-0.4, -0.2) is 44.8 Å². The van der Waals surface area contributed by atoms with Crippen LogP contribution in [0.25, 0.3) is 11.6 Å². The van der Waals surface area contributed by atoms with Gasteiger partial charge in [-0.15, -0.1) is 0 Å². The zero-order valence-corrected chi connectivity index (χ0v) is 15.9. The van der Waals surface area contributed by atoms with Crippen molar-refractivity contribution in [1.29, 1.82) is 0 Å². The molecule has 144 valence electrons. The average molecular weight is 372 g/mol. The van der Waals surface area contributed by atoms with Crippen LogP contribution in [0.4, 0.5) is 0 Å². The second kappa shape index (κ2) is 7.80. The number of aliphatic hydroxyl groups excluding tert-OH is 1. The lowest BCUT2D eigenvalue weighted by atomic mass is 9.83. The van der Waals surface area contributed by atoms with Crippen LogP contribution in [0.5, 0.6) is 28.7 Å². The van der Waals surface area contributed by atoms with Crippen molar-refractivity contribution in [2.24, 2.45) is 0 Å². The van der Waals surface area contributed by atoms with Crippen molar-refractivity contribution in [1.82, 2.24) is 0 Å². The molecule has 0 spiro atoms. The Hall–Kier alpha value is -2.86. The molecule has 1 atom stereocenters. The topological polar surface area (TPSA) is 77.4 Å². The Morgan fingerprint density at radius 3 is 2.22 bits per heavy atom. The molecular formula is C21H24O6. The van der Waals surface area contributed by atoms with Gasteiger partial charge >= 0.3 is 0 Å². The maximum atomic E-state index is 10.6. The Kier molecular flexibility index (Phi) is 5.46. The predicted molar refractivity (Wildman–Crippen MR) is 103 cm³/mol. The molecule has 1 aliphatic carbocycles. The minimum absolute atomic E-state index is 0.0438. The van der Waals surface area contributed by atoms with Crippen molar-refractivity contribution in [2.75, 3.05) is 28.4 Å². The lowest BCUT2D eigenvalue weighted by molar-refractivity contribution is 0.217. The van der Waals surface area contributed by atoms with E-state index in [-0.39, 0.29) is 5.75 Å². The number of methoxy groups -OCH3 is 4.